The Morgan fingerprint density at radius 2 is 2.07 bits per heavy atom. The standard InChI is InChI=1S/C9H15N5S/c1-2-3-13-4-6-14(7-5-13)9-12-11-8(10)15-9/h2H,1,3-7H2,(H2,10,11). The molecule has 15 heavy (non-hydrogen) atoms. The Labute approximate surface area is 93.2 Å². The third-order valence-electron chi connectivity index (χ3n) is 2.46. The second-order valence-corrected chi connectivity index (χ2v) is 4.49. The lowest BCUT2D eigenvalue weighted by Crippen LogP contribution is -2.46. The van der Waals surface area contributed by atoms with Gasteiger partial charge in [0.1, 0.15) is 0 Å². The van der Waals surface area contributed by atoms with Gasteiger partial charge in [-0.2, -0.15) is 0 Å². The van der Waals surface area contributed by atoms with Gasteiger partial charge in [0.2, 0.25) is 10.3 Å². The highest BCUT2D eigenvalue weighted by atomic mass is 32.1. The molecule has 1 aliphatic heterocycles. The number of rotatable bonds is 3. The van der Waals surface area contributed by atoms with E-state index < -0.39 is 0 Å². The minimum Gasteiger partial charge on any atom is -0.374 e. The minimum absolute atomic E-state index is 0.540. The molecule has 0 aromatic carbocycles. The molecule has 0 spiro atoms. The molecule has 5 nitrogen and oxygen atoms in total. The molecule has 0 radical (unpaired) electrons. The maximum Gasteiger partial charge on any atom is 0.210 e. The topological polar surface area (TPSA) is 58.3 Å². The Kier molecular flexibility index (Phi) is 3.17. The normalized spacial score (nSPS) is 18.0. The van der Waals surface area contributed by atoms with Gasteiger partial charge in [-0.3, -0.25) is 4.90 Å². The molecule has 1 fully saturated rings. The Bertz CT molecular complexity index is 329. The summed E-state index contributed by atoms with van der Waals surface area (Å²) in [5, 5.41) is 9.34. The summed E-state index contributed by atoms with van der Waals surface area (Å²) in [5.74, 6) is 0. The quantitative estimate of drug-likeness (QED) is 0.756. The largest absolute Gasteiger partial charge is 0.374 e. The molecule has 2 rings (SSSR count). The van der Waals surface area contributed by atoms with Gasteiger partial charge in [-0.1, -0.05) is 17.4 Å². The van der Waals surface area contributed by atoms with Crippen LogP contribution in [0.3, 0.4) is 0 Å². The third-order valence-corrected chi connectivity index (χ3v) is 3.27. The molecule has 1 aliphatic rings. The highest BCUT2D eigenvalue weighted by Gasteiger charge is 2.18. The third kappa shape index (κ3) is 2.45. The van der Waals surface area contributed by atoms with E-state index in [1.165, 1.54) is 11.3 Å². The zero-order chi connectivity index (χ0) is 10.7. The van der Waals surface area contributed by atoms with E-state index in [-0.39, 0.29) is 0 Å². The highest BCUT2D eigenvalue weighted by molar-refractivity contribution is 7.18. The molecule has 1 aromatic heterocycles. The van der Waals surface area contributed by atoms with E-state index in [1.807, 2.05) is 6.08 Å². The number of nitrogens with zero attached hydrogens (tertiary/aromatic N) is 4. The summed E-state index contributed by atoms with van der Waals surface area (Å²) in [6.45, 7) is 8.78. The van der Waals surface area contributed by atoms with E-state index in [0.29, 0.717) is 5.13 Å². The number of hydrogen-bond acceptors (Lipinski definition) is 6. The van der Waals surface area contributed by atoms with E-state index in [2.05, 4.69) is 26.6 Å². The number of aromatic nitrogens is 2. The molecular weight excluding hydrogens is 210 g/mol. The molecular formula is C9H15N5S. The monoisotopic (exact) mass is 225 g/mol. The van der Waals surface area contributed by atoms with Gasteiger partial charge in [-0.05, 0) is 0 Å². The number of hydrogen-bond donors (Lipinski definition) is 1. The lowest BCUT2D eigenvalue weighted by atomic mass is 10.3. The van der Waals surface area contributed by atoms with Crippen LogP contribution in [-0.2, 0) is 0 Å². The first-order chi connectivity index (χ1) is 7.29. The van der Waals surface area contributed by atoms with E-state index >= 15 is 0 Å². The summed E-state index contributed by atoms with van der Waals surface area (Å²) in [5.41, 5.74) is 5.55. The van der Waals surface area contributed by atoms with Crippen LogP contribution in [0.15, 0.2) is 12.7 Å². The maximum atomic E-state index is 5.55. The van der Waals surface area contributed by atoms with Gasteiger partial charge in [-0.15, -0.1) is 16.8 Å². The van der Waals surface area contributed by atoms with Crippen LogP contribution in [0.1, 0.15) is 0 Å². The van der Waals surface area contributed by atoms with Gasteiger partial charge in [0.05, 0.1) is 0 Å². The highest BCUT2D eigenvalue weighted by Crippen LogP contribution is 2.22. The number of piperazine rings is 1. The van der Waals surface area contributed by atoms with Crippen molar-refractivity contribution < 1.29 is 0 Å². The van der Waals surface area contributed by atoms with Gasteiger partial charge in [-0.25, -0.2) is 0 Å². The van der Waals surface area contributed by atoms with Crippen LogP contribution in [-0.4, -0.2) is 47.8 Å². The van der Waals surface area contributed by atoms with E-state index in [4.69, 9.17) is 5.73 Å². The van der Waals surface area contributed by atoms with Crippen molar-refractivity contribution in [3.63, 3.8) is 0 Å². The molecule has 0 bridgehead atoms. The maximum absolute atomic E-state index is 5.55. The zero-order valence-electron chi connectivity index (χ0n) is 8.59. The molecule has 0 amide bonds. The van der Waals surface area contributed by atoms with Crippen LogP contribution in [0.2, 0.25) is 0 Å². The van der Waals surface area contributed by atoms with Crippen molar-refractivity contribution in [3.8, 4) is 0 Å². The summed E-state index contributed by atoms with van der Waals surface area (Å²) in [7, 11) is 0. The Morgan fingerprint density at radius 1 is 1.33 bits per heavy atom. The van der Waals surface area contributed by atoms with E-state index in [0.717, 1.165) is 37.9 Å². The molecule has 0 unspecified atom stereocenters. The van der Waals surface area contributed by atoms with Crippen molar-refractivity contribution in [2.45, 2.75) is 0 Å². The van der Waals surface area contributed by atoms with Crippen LogP contribution in [0.25, 0.3) is 0 Å². The fourth-order valence-corrected chi connectivity index (χ4v) is 2.32. The van der Waals surface area contributed by atoms with Gasteiger partial charge in [0, 0.05) is 32.7 Å². The van der Waals surface area contributed by atoms with Gasteiger partial charge >= 0.3 is 0 Å². The molecule has 2 N–H and O–H groups in total. The summed E-state index contributed by atoms with van der Waals surface area (Å²) < 4.78 is 0. The number of nitrogen functional groups attached to an aromatic ring is 1. The second-order valence-electron chi connectivity index (χ2n) is 3.50. The van der Waals surface area contributed by atoms with E-state index in [9.17, 15) is 0 Å². The van der Waals surface area contributed by atoms with Crippen LogP contribution >= 0.6 is 11.3 Å². The Morgan fingerprint density at radius 3 is 2.60 bits per heavy atom. The van der Waals surface area contributed by atoms with Crippen LogP contribution in [0.4, 0.5) is 10.3 Å². The summed E-state index contributed by atoms with van der Waals surface area (Å²) in [4.78, 5) is 4.60. The zero-order valence-corrected chi connectivity index (χ0v) is 9.41. The van der Waals surface area contributed by atoms with Gasteiger partial charge in [0.15, 0.2) is 0 Å². The first-order valence-corrected chi connectivity index (χ1v) is 5.78. The molecule has 0 aliphatic carbocycles. The number of anilines is 2. The van der Waals surface area contributed by atoms with Gasteiger partial charge in [0.25, 0.3) is 0 Å². The SMILES string of the molecule is C=CCN1CCN(c2nnc(N)s2)CC1. The Hall–Kier alpha value is -1.14. The average Bonchev–Trinajstić information content (AvgIpc) is 2.67. The van der Waals surface area contributed by atoms with Crippen molar-refractivity contribution in [1.29, 1.82) is 0 Å². The first kappa shape index (κ1) is 10.4. The van der Waals surface area contributed by atoms with Crippen molar-refractivity contribution in [2.75, 3.05) is 43.4 Å². The molecule has 0 atom stereocenters. The fraction of sp³-hybridized carbons (Fsp3) is 0.556. The molecule has 6 heteroatoms. The molecule has 0 saturated carbocycles. The average molecular weight is 225 g/mol. The fourth-order valence-electron chi connectivity index (χ4n) is 1.66. The lowest BCUT2D eigenvalue weighted by Gasteiger charge is -2.33. The molecule has 82 valence electrons. The predicted octanol–water partition coefficient (Wildman–Crippen LogP) is 0.428. The van der Waals surface area contributed by atoms with Crippen molar-refractivity contribution in [3.05, 3.63) is 12.7 Å². The predicted molar refractivity (Wildman–Crippen MR) is 63.2 cm³/mol. The van der Waals surface area contributed by atoms with Crippen LogP contribution in [0, 0.1) is 0 Å². The number of nitrogens with two attached hydrogens (primary N) is 1. The van der Waals surface area contributed by atoms with Crippen molar-refractivity contribution >= 4 is 21.6 Å². The lowest BCUT2D eigenvalue weighted by molar-refractivity contribution is 0.284. The second kappa shape index (κ2) is 4.59. The van der Waals surface area contributed by atoms with Crippen LogP contribution < -0.4 is 10.6 Å². The summed E-state index contributed by atoms with van der Waals surface area (Å²) in [6.07, 6.45) is 1.94. The van der Waals surface area contributed by atoms with Crippen LogP contribution in [0.5, 0.6) is 0 Å². The smallest absolute Gasteiger partial charge is 0.210 e. The Balaban J connectivity index is 1.90. The van der Waals surface area contributed by atoms with Gasteiger partial charge < -0.3 is 10.6 Å². The first-order valence-electron chi connectivity index (χ1n) is 4.97. The van der Waals surface area contributed by atoms with Crippen molar-refractivity contribution in [2.24, 2.45) is 0 Å². The van der Waals surface area contributed by atoms with Crippen molar-refractivity contribution in [1.82, 2.24) is 15.1 Å². The van der Waals surface area contributed by atoms with E-state index in [1.54, 1.807) is 0 Å². The minimum atomic E-state index is 0.540. The molecule has 2 heterocycles. The summed E-state index contributed by atoms with van der Waals surface area (Å²) in [6, 6.07) is 0. The summed E-state index contributed by atoms with van der Waals surface area (Å²) >= 11 is 1.45. The molecule has 1 aromatic rings. The molecule has 1 saturated heterocycles.